The Morgan fingerprint density at radius 1 is 1.25 bits per heavy atom. The lowest BCUT2D eigenvalue weighted by Gasteiger charge is -2.06. The van der Waals surface area contributed by atoms with Crippen molar-refractivity contribution in [3.8, 4) is 0 Å². The smallest absolute Gasteiger partial charge is 0.270 e. The molecule has 0 heterocycles. The summed E-state index contributed by atoms with van der Waals surface area (Å²) in [7, 11) is -1.25. The second-order valence-corrected chi connectivity index (χ2v) is 6.40. The summed E-state index contributed by atoms with van der Waals surface area (Å²) in [6.07, 6.45) is 0. The number of nitro groups is 1. The normalized spacial score (nSPS) is 12.1. The fourth-order valence-electron chi connectivity index (χ4n) is 1.65. The van der Waals surface area contributed by atoms with Gasteiger partial charge >= 0.3 is 0 Å². The van der Waals surface area contributed by atoms with Gasteiger partial charge in [-0.2, -0.15) is 0 Å². The van der Waals surface area contributed by atoms with E-state index in [2.05, 4.69) is 15.9 Å². The minimum absolute atomic E-state index is 0.00429. The summed E-state index contributed by atoms with van der Waals surface area (Å²) in [6.45, 7) is 0. The van der Waals surface area contributed by atoms with Crippen LogP contribution in [0.4, 0.5) is 11.4 Å². The Balaban J connectivity index is 2.22. The van der Waals surface area contributed by atoms with Crippen molar-refractivity contribution in [3.63, 3.8) is 0 Å². The Hall–Kier alpha value is -1.73. The van der Waals surface area contributed by atoms with E-state index >= 15 is 0 Å². The Kier molecular flexibility index (Phi) is 4.51. The molecule has 0 saturated carbocycles. The highest BCUT2D eigenvalue weighted by molar-refractivity contribution is 9.10. The van der Waals surface area contributed by atoms with Crippen molar-refractivity contribution < 1.29 is 9.13 Å². The summed E-state index contributed by atoms with van der Waals surface area (Å²) in [4.78, 5) is 10.8. The number of hydrogen-bond donors (Lipinski definition) is 1. The van der Waals surface area contributed by atoms with Crippen LogP contribution in [0.15, 0.2) is 51.8 Å². The molecule has 0 aliphatic carbocycles. The second-order valence-electron chi connectivity index (χ2n) is 4.10. The molecule has 0 aliphatic heterocycles. The molecular weight excluding hydrogens is 344 g/mol. The van der Waals surface area contributed by atoms with Gasteiger partial charge in [-0.3, -0.25) is 14.3 Å². The molecule has 0 fully saturated rings. The lowest BCUT2D eigenvalue weighted by Crippen LogP contribution is -1.99. The predicted molar refractivity (Wildman–Crippen MR) is 81.8 cm³/mol. The van der Waals surface area contributed by atoms with Crippen LogP contribution in [0.2, 0.25) is 0 Å². The third-order valence-electron chi connectivity index (χ3n) is 2.66. The maximum atomic E-state index is 12.2. The SMILES string of the molecule is Nc1cccc(S(=O)Cc2ccc([N+](=O)[O-])cc2Br)c1. The molecule has 104 valence electrons. The molecule has 20 heavy (non-hydrogen) atoms. The number of nitrogens with two attached hydrogens (primary N) is 1. The van der Waals surface area contributed by atoms with E-state index in [0.717, 1.165) is 5.56 Å². The predicted octanol–water partition coefficient (Wildman–Crippen LogP) is 3.25. The quantitative estimate of drug-likeness (QED) is 0.518. The number of nitrogen functional groups attached to an aromatic ring is 1. The summed E-state index contributed by atoms with van der Waals surface area (Å²) in [5.41, 5.74) is 6.95. The van der Waals surface area contributed by atoms with E-state index in [9.17, 15) is 14.3 Å². The summed E-state index contributed by atoms with van der Waals surface area (Å²) in [5.74, 6) is 0.266. The van der Waals surface area contributed by atoms with Crippen LogP contribution in [0.25, 0.3) is 0 Å². The van der Waals surface area contributed by atoms with E-state index in [1.165, 1.54) is 12.1 Å². The van der Waals surface area contributed by atoms with Gasteiger partial charge in [-0.25, -0.2) is 0 Å². The first-order valence-electron chi connectivity index (χ1n) is 5.64. The molecule has 0 amide bonds. The molecule has 2 rings (SSSR count). The van der Waals surface area contributed by atoms with Crippen LogP contribution >= 0.6 is 15.9 Å². The van der Waals surface area contributed by atoms with Crippen LogP contribution in [0, 0.1) is 10.1 Å². The fraction of sp³-hybridized carbons (Fsp3) is 0.0769. The minimum atomic E-state index is -1.25. The molecule has 1 unspecified atom stereocenters. The molecule has 5 nitrogen and oxygen atoms in total. The van der Waals surface area contributed by atoms with E-state index in [4.69, 9.17) is 5.73 Å². The third kappa shape index (κ3) is 3.43. The van der Waals surface area contributed by atoms with Crippen LogP contribution in [0.3, 0.4) is 0 Å². The standard InChI is InChI=1S/C13H11BrN2O3S/c14-13-7-11(16(17)18)5-4-9(13)8-20(19)12-3-1-2-10(15)6-12/h1-7H,8,15H2. The number of anilines is 1. The molecule has 0 aromatic heterocycles. The van der Waals surface area contributed by atoms with Gasteiger partial charge in [-0.05, 0) is 23.8 Å². The molecule has 2 N–H and O–H groups in total. The number of nitro benzene ring substituents is 1. The lowest BCUT2D eigenvalue weighted by molar-refractivity contribution is -0.384. The second kappa shape index (κ2) is 6.15. The number of hydrogen-bond acceptors (Lipinski definition) is 4. The maximum Gasteiger partial charge on any atom is 0.270 e. The van der Waals surface area contributed by atoms with Gasteiger partial charge in [0.1, 0.15) is 0 Å². The first-order valence-corrected chi connectivity index (χ1v) is 7.75. The zero-order valence-corrected chi connectivity index (χ0v) is 12.7. The Morgan fingerprint density at radius 2 is 2.00 bits per heavy atom. The van der Waals surface area contributed by atoms with Gasteiger partial charge in [-0.1, -0.05) is 28.1 Å². The number of non-ortho nitro benzene ring substituents is 1. The molecule has 0 radical (unpaired) electrons. The van der Waals surface area contributed by atoms with Crippen molar-refractivity contribution in [1.82, 2.24) is 0 Å². The molecule has 0 spiro atoms. The van der Waals surface area contributed by atoms with E-state index in [-0.39, 0.29) is 11.4 Å². The number of nitrogens with zero attached hydrogens (tertiary/aromatic N) is 1. The molecule has 0 aliphatic rings. The topological polar surface area (TPSA) is 86.2 Å². The minimum Gasteiger partial charge on any atom is -0.399 e. The molecule has 2 aromatic carbocycles. The lowest BCUT2D eigenvalue weighted by atomic mass is 10.2. The highest BCUT2D eigenvalue weighted by Crippen LogP contribution is 2.25. The van der Waals surface area contributed by atoms with E-state index in [1.807, 2.05) is 0 Å². The average Bonchev–Trinajstić information content (AvgIpc) is 2.40. The number of halogens is 1. The monoisotopic (exact) mass is 354 g/mol. The molecule has 1 atom stereocenters. The summed E-state index contributed by atoms with van der Waals surface area (Å²) < 4.78 is 12.8. The van der Waals surface area contributed by atoms with Crippen molar-refractivity contribution in [2.45, 2.75) is 10.6 Å². The summed E-state index contributed by atoms with van der Waals surface area (Å²) in [5, 5.41) is 10.7. The van der Waals surface area contributed by atoms with Crippen LogP contribution in [-0.4, -0.2) is 9.13 Å². The molecular formula is C13H11BrN2O3S. The summed E-state index contributed by atoms with van der Waals surface area (Å²) in [6, 6.07) is 11.3. The Labute approximate surface area is 126 Å². The van der Waals surface area contributed by atoms with Gasteiger partial charge < -0.3 is 5.73 Å². The van der Waals surface area contributed by atoms with Gasteiger partial charge in [0, 0.05) is 27.2 Å². The number of benzene rings is 2. The van der Waals surface area contributed by atoms with Crippen LogP contribution < -0.4 is 5.73 Å². The van der Waals surface area contributed by atoms with Gasteiger partial charge in [-0.15, -0.1) is 0 Å². The largest absolute Gasteiger partial charge is 0.399 e. The van der Waals surface area contributed by atoms with E-state index in [1.54, 1.807) is 30.3 Å². The van der Waals surface area contributed by atoms with Crippen molar-refractivity contribution >= 4 is 38.1 Å². The zero-order valence-electron chi connectivity index (χ0n) is 10.3. The fourth-order valence-corrected chi connectivity index (χ4v) is 3.54. The number of rotatable bonds is 4. The van der Waals surface area contributed by atoms with Gasteiger partial charge in [0.25, 0.3) is 5.69 Å². The van der Waals surface area contributed by atoms with Gasteiger partial charge in [0.15, 0.2) is 0 Å². The molecule has 2 aromatic rings. The molecule has 7 heteroatoms. The first kappa shape index (κ1) is 14.7. The van der Waals surface area contributed by atoms with Crippen LogP contribution in [0.5, 0.6) is 0 Å². The van der Waals surface area contributed by atoms with Crippen molar-refractivity contribution in [3.05, 3.63) is 62.6 Å². The summed E-state index contributed by atoms with van der Waals surface area (Å²) >= 11 is 3.27. The Morgan fingerprint density at radius 3 is 2.60 bits per heavy atom. The average molecular weight is 355 g/mol. The molecule has 0 saturated heterocycles. The van der Waals surface area contributed by atoms with E-state index in [0.29, 0.717) is 15.1 Å². The van der Waals surface area contributed by atoms with Crippen LogP contribution in [-0.2, 0) is 16.6 Å². The van der Waals surface area contributed by atoms with Gasteiger partial charge in [0.05, 0.1) is 21.5 Å². The van der Waals surface area contributed by atoms with Crippen LogP contribution in [0.1, 0.15) is 5.56 Å². The van der Waals surface area contributed by atoms with Crippen molar-refractivity contribution in [2.24, 2.45) is 0 Å². The molecule has 0 bridgehead atoms. The highest BCUT2D eigenvalue weighted by Gasteiger charge is 2.12. The zero-order chi connectivity index (χ0) is 14.7. The highest BCUT2D eigenvalue weighted by atomic mass is 79.9. The van der Waals surface area contributed by atoms with Crippen molar-refractivity contribution in [2.75, 3.05) is 5.73 Å². The first-order chi connectivity index (χ1) is 9.47. The third-order valence-corrected chi connectivity index (χ3v) is 4.75. The van der Waals surface area contributed by atoms with Gasteiger partial charge in [0.2, 0.25) is 0 Å². The maximum absolute atomic E-state index is 12.2. The van der Waals surface area contributed by atoms with Crippen molar-refractivity contribution in [1.29, 1.82) is 0 Å². The van der Waals surface area contributed by atoms with E-state index < -0.39 is 15.7 Å². The Bertz CT molecular complexity index is 691.